The molecule has 2 atom stereocenters. The summed E-state index contributed by atoms with van der Waals surface area (Å²) in [5.41, 5.74) is 0.915. The fraction of sp³-hybridized carbons (Fsp3) is 0.217. The average molecular weight is 504 g/mol. The van der Waals surface area contributed by atoms with Crippen molar-refractivity contribution in [1.29, 1.82) is 0 Å². The van der Waals surface area contributed by atoms with Crippen LogP contribution < -0.4 is 10.3 Å². The third kappa shape index (κ3) is 4.03. The number of hydrogen-bond acceptors (Lipinski definition) is 5. The van der Waals surface area contributed by atoms with Crippen LogP contribution in [0.25, 0.3) is 21.7 Å². The summed E-state index contributed by atoms with van der Waals surface area (Å²) in [5.74, 6) is -3.35. The molecule has 12 heteroatoms. The fourth-order valence-corrected chi connectivity index (χ4v) is 4.91. The smallest absolute Gasteiger partial charge is 0.270 e. The Labute approximate surface area is 199 Å². The van der Waals surface area contributed by atoms with Crippen molar-refractivity contribution < 1.29 is 27.3 Å². The van der Waals surface area contributed by atoms with E-state index in [0.717, 1.165) is 12.1 Å². The molecule has 8 nitrogen and oxygen atoms in total. The Balaban J connectivity index is 1.58. The second-order valence-corrected chi connectivity index (χ2v) is 9.37. The molecule has 4 aromatic rings. The van der Waals surface area contributed by atoms with Crippen molar-refractivity contribution in [3.8, 4) is 0 Å². The number of ether oxygens (including phenoxy) is 1. The number of nitrogens with zero attached hydrogens (tertiary/aromatic N) is 1. The van der Waals surface area contributed by atoms with Crippen molar-refractivity contribution in [3.05, 3.63) is 75.1 Å². The molecular weight excluding hydrogens is 485 g/mol. The highest BCUT2D eigenvalue weighted by Crippen LogP contribution is 2.35. The highest BCUT2D eigenvalue weighted by molar-refractivity contribution is 7.92. The summed E-state index contributed by atoms with van der Waals surface area (Å²) in [6.45, 7) is 0.0821. The molecule has 0 aliphatic carbocycles. The Morgan fingerprint density at radius 2 is 1.83 bits per heavy atom. The van der Waals surface area contributed by atoms with Gasteiger partial charge in [-0.25, -0.2) is 17.9 Å². The first kappa shape index (κ1) is 23.3. The Hall–Kier alpha value is -3.48. The summed E-state index contributed by atoms with van der Waals surface area (Å²) < 4.78 is 61.9. The van der Waals surface area contributed by atoms with Crippen molar-refractivity contribution in [2.45, 2.75) is 12.6 Å². The fourth-order valence-electron chi connectivity index (χ4n) is 4.44. The SMILES string of the molecule is CN(C(=O)c1cc2c(N[S@@+](C)[O-])cc(F)cc2[nH]1)[C@H]1COCc2[nH]c(=O)c3cc(F)c(F)cc3c21. The molecule has 3 N–H and O–H groups in total. The van der Waals surface area contributed by atoms with Crippen LogP contribution in [0, 0.1) is 17.5 Å². The van der Waals surface area contributed by atoms with Crippen LogP contribution in [-0.2, 0) is 22.7 Å². The molecule has 3 heterocycles. The number of hydrogen-bond donors (Lipinski definition) is 3. The predicted molar refractivity (Wildman–Crippen MR) is 125 cm³/mol. The number of aromatic nitrogens is 2. The number of carbonyl (C=O) groups is 1. The zero-order chi connectivity index (χ0) is 25.0. The van der Waals surface area contributed by atoms with Crippen LogP contribution in [0.1, 0.15) is 27.8 Å². The number of aromatic amines is 2. The molecule has 182 valence electrons. The second-order valence-electron chi connectivity index (χ2n) is 8.26. The van der Waals surface area contributed by atoms with Gasteiger partial charge in [-0.15, -0.1) is 0 Å². The van der Waals surface area contributed by atoms with Gasteiger partial charge in [0.1, 0.15) is 17.8 Å². The first-order valence-corrected chi connectivity index (χ1v) is 12.0. The first-order valence-electron chi connectivity index (χ1n) is 10.4. The number of nitrogens with one attached hydrogen (secondary N) is 3. The maximum absolute atomic E-state index is 14.1. The van der Waals surface area contributed by atoms with E-state index in [4.69, 9.17) is 4.74 Å². The van der Waals surface area contributed by atoms with Gasteiger partial charge in [-0.1, -0.05) is 0 Å². The van der Waals surface area contributed by atoms with E-state index in [1.54, 1.807) is 0 Å². The van der Waals surface area contributed by atoms with Gasteiger partial charge >= 0.3 is 0 Å². The van der Waals surface area contributed by atoms with Crippen molar-refractivity contribution in [2.24, 2.45) is 0 Å². The van der Waals surface area contributed by atoms with Gasteiger partial charge in [-0.05, 0) is 29.7 Å². The monoisotopic (exact) mass is 504 g/mol. The molecule has 0 radical (unpaired) electrons. The average Bonchev–Trinajstić information content (AvgIpc) is 3.23. The van der Waals surface area contributed by atoms with E-state index < -0.39 is 46.3 Å². The molecule has 0 saturated carbocycles. The third-order valence-corrected chi connectivity index (χ3v) is 6.52. The lowest BCUT2D eigenvalue weighted by Gasteiger charge is -2.33. The summed E-state index contributed by atoms with van der Waals surface area (Å²) >= 11 is -1.47. The van der Waals surface area contributed by atoms with E-state index in [1.807, 2.05) is 0 Å². The highest BCUT2D eigenvalue weighted by Gasteiger charge is 2.32. The third-order valence-electron chi connectivity index (χ3n) is 6.01. The van der Waals surface area contributed by atoms with E-state index in [1.165, 1.54) is 36.4 Å². The minimum absolute atomic E-state index is 0.0346. The zero-order valence-electron chi connectivity index (χ0n) is 18.5. The van der Waals surface area contributed by atoms with Crippen molar-refractivity contribution in [2.75, 3.05) is 24.6 Å². The van der Waals surface area contributed by atoms with Crippen LogP contribution in [0.3, 0.4) is 0 Å². The largest absolute Gasteiger partial charge is 0.593 e. The number of benzene rings is 2. The summed E-state index contributed by atoms with van der Waals surface area (Å²) in [6.07, 6.45) is 1.40. The molecular formula is C23H19F3N4O4S. The number of amides is 1. The van der Waals surface area contributed by atoms with Crippen LogP contribution in [0.5, 0.6) is 0 Å². The summed E-state index contributed by atoms with van der Waals surface area (Å²) in [7, 11) is 1.51. The van der Waals surface area contributed by atoms with Crippen LogP contribution in [-0.4, -0.2) is 45.2 Å². The molecule has 0 unspecified atom stereocenters. The topological polar surface area (TPSA) is 113 Å². The summed E-state index contributed by atoms with van der Waals surface area (Å²) in [4.78, 5) is 32.7. The van der Waals surface area contributed by atoms with Gasteiger partial charge in [-0.3, -0.25) is 9.59 Å². The van der Waals surface area contributed by atoms with Gasteiger partial charge in [0.15, 0.2) is 11.6 Å². The first-order chi connectivity index (χ1) is 16.6. The number of halogens is 3. The van der Waals surface area contributed by atoms with Crippen LogP contribution >= 0.6 is 0 Å². The maximum atomic E-state index is 14.1. The standard InChI is InChI=1S/C23H19F3N4O4S/c1-30(23(32)18-7-13-16(27-18)3-10(24)4-17(13)29-35(2)33)20-9-34-8-19-21(20)11-5-14(25)15(26)6-12(11)22(31)28-19/h3-7,20,27,29H,8-9H2,1-2H3,(H,28,31)/t20-,35+/m0/s1. The van der Waals surface area contributed by atoms with E-state index in [9.17, 15) is 27.3 Å². The lowest BCUT2D eigenvalue weighted by Crippen LogP contribution is -2.37. The lowest BCUT2D eigenvalue weighted by molar-refractivity contribution is 0.0333. The van der Waals surface area contributed by atoms with Gasteiger partial charge in [-0.2, -0.15) is 0 Å². The number of rotatable bonds is 4. The Kier molecular flexibility index (Phi) is 5.74. The number of pyridine rings is 1. The summed E-state index contributed by atoms with van der Waals surface area (Å²) in [6, 6.07) is 4.94. The quantitative estimate of drug-likeness (QED) is 0.369. The molecule has 0 fully saturated rings. The predicted octanol–water partition coefficient (Wildman–Crippen LogP) is 3.48. The molecule has 35 heavy (non-hydrogen) atoms. The van der Waals surface area contributed by atoms with E-state index in [0.29, 0.717) is 22.2 Å². The molecule has 0 bridgehead atoms. The molecule has 0 saturated heterocycles. The van der Waals surface area contributed by atoms with Crippen molar-refractivity contribution in [1.82, 2.24) is 14.9 Å². The van der Waals surface area contributed by atoms with Gasteiger partial charge < -0.3 is 24.2 Å². The normalized spacial score (nSPS) is 16.3. The second kappa shape index (κ2) is 8.63. The minimum Gasteiger partial charge on any atom is -0.593 e. The van der Waals surface area contributed by atoms with Crippen LogP contribution in [0.15, 0.2) is 35.1 Å². The van der Waals surface area contributed by atoms with Crippen molar-refractivity contribution >= 4 is 44.6 Å². The zero-order valence-corrected chi connectivity index (χ0v) is 19.3. The van der Waals surface area contributed by atoms with E-state index in [2.05, 4.69) is 14.7 Å². The number of anilines is 1. The van der Waals surface area contributed by atoms with Crippen molar-refractivity contribution in [3.63, 3.8) is 0 Å². The number of H-pyrrole nitrogens is 2. The number of carbonyl (C=O) groups excluding carboxylic acids is 1. The Bertz CT molecular complexity index is 1550. The molecule has 1 aliphatic rings. The summed E-state index contributed by atoms with van der Waals surface area (Å²) in [5, 5.41) is 0.608. The molecule has 1 amide bonds. The molecule has 2 aromatic heterocycles. The van der Waals surface area contributed by atoms with Gasteiger partial charge in [0.25, 0.3) is 11.5 Å². The highest BCUT2D eigenvalue weighted by atomic mass is 32.2. The van der Waals surface area contributed by atoms with Gasteiger partial charge in [0.05, 0.1) is 47.2 Å². The molecule has 2 aromatic carbocycles. The molecule has 5 rings (SSSR count). The van der Waals surface area contributed by atoms with Crippen LogP contribution in [0.4, 0.5) is 18.9 Å². The van der Waals surface area contributed by atoms with Gasteiger partial charge in [0.2, 0.25) is 0 Å². The Morgan fingerprint density at radius 3 is 2.54 bits per heavy atom. The lowest BCUT2D eigenvalue weighted by atomic mass is 9.95. The molecule has 0 spiro atoms. The number of likely N-dealkylation sites (N-methyl/N-ethyl adjacent to an activating group) is 1. The number of fused-ring (bicyclic) bond motifs is 4. The minimum atomic E-state index is -1.47. The van der Waals surface area contributed by atoms with E-state index in [-0.39, 0.29) is 35.4 Å². The van der Waals surface area contributed by atoms with Gasteiger partial charge in [0, 0.05) is 29.8 Å². The Morgan fingerprint density at radius 1 is 1.11 bits per heavy atom. The van der Waals surface area contributed by atoms with E-state index >= 15 is 0 Å². The van der Waals surface area contributed by atoms with Crippen LogP contribution in [0.2, 0.25) is 0 Å². The molecule has 1 aliphatic heterocycles. The maximum Gasteiger partial charge on any atom is 0.270 e.